The molecule has 6 aromatic rings. The van der Waals surface area contributed by atoms with Crippen LogP contribution in [-0.4, -0.2) is 48.6 Å². The smallest absolute Gasteiger partial charge is 0.320 e. The molecule has 0 unspecified atom stereocenters. The number of benzene rings is 3. The molecule has 246 valence electrons. The Bertz CT molecular complexity index is 2090. The van der Waals surface area contributed by atoms with Crippen LogP contribution >= 0.6 is 35.1 Å². The highest BCUT2D eigenvalue weighted by Gasteiger charge is 2.23. The molecule has 0 saturated carbocycles. The topological polar surface area (TPSA) is 132 Å². The van der Waals surface area contributed by atoms with Crippen LogP contribution in [0, 0.1) is 0 Å². The van der Waals surface area contributed by atoms with Crippen molar-refractivity contribution in [3.63, 3.8) is 0 Å². The number of H-pyrrole nitrogens is 1. The van der Waals surface area contributed by atoms with Gasteiger partial charge in [0.2, 0.25) is 0 Å². The molecule has 3 aromatic carbocycles. The van der Waals surface area contributed by atoms with Gasteiger partial charge in [-0.15, -0.1) is 16.9 Å². The van der Waals surface area contributed by atoms with Gasteiger partial charge < -0.3 is 15.5 Å². The summed E-state index contributed by atoms with van der Waals surface area (Å²) >= 11 is 9.37. The first-order chi connectivity index (χ1) is 23.1. The highest BCUT2D eigenvalue weighted by Crippen LogP contribution is 2.33. The molecular weight excluding hydrogens is 666 g/mol. The number of pyridine rings is 1. The van der Waals surface area contributed by atoms with E-state index in [0.717, 1.165) is 43.0 Å². The lowest BCUT2D eigenvalue weighted by Gasteiger charge is -2.14. The molecule has 0 bridgehead atoms. The molecule has 10 nitrogen and oxygen atoms in total. The van der Waals surface area contributed by atoms with E-state index in [9.17, 15) is 15.0 Å². The second-order valence-corrected chi connectivity index (χ2v) is 14.6. The zero-order valence-electron chi connectivity index (χ0n) is 26.6. The number of hydrogen-bond acceptors (Lipinski definition) is 7. The zero-order valence-corrected chi connectivity index (χ0v) is 29.0. The number of hydrogen-bond donors (Lipinski definition) is 5. The first-order valence-corrected chi connectivity index (χ1v) is 17.4. The summed E-state index contributed by atoms with van der Waals surface area (Å²) in [7, 11) is 0. The number of carbonyl (C=O) groups excluding carboxylic acids is 1. The normalized spacial score (nSPS) is 11.6. The van der Waals surface area contributed by atoms with Crippen LogP contribution < -0.4 is 15.0 Å². The van der Waals surface area contributed by atoms with Crippen LogP contribution in [0.3, 0.4) is 0 Å². The van der Waals surface area contributed by atoms with Gasteiger partial charge in [0.05, 0.1) is 34.8 Å². The molecule has 0 fully saturated rings. The number of aromatic amines is 1. The molecule has 0 radical (unpaired) electrons. The number of aromatic hydroxyl groups is 1. The van der Waals surface area contributed by atoms with Crippen LogP contribution in [-0.2, 0) is 12.0 Å². The van der Waals surface area contributed by atoms with Gasteiger partial charge in [-0.25, -0.2) is 9.48 Å². The Kier molecular flexibility index (Phi) is 9.97. The number of anilines is 1. The van der Waals surface area contributed by atoms with E-state index in [-0.39, 0.29) is 28.8 Å². The van der Waals surface area contributed by atoms with Crippen LogP contribution in [0.2, 0.25) is 5.02 Å². The molecule has 0 atom stereocenters. The number of phenolic OH excluding ortho intramolecular Hbond substituents is 1. The highest BCUT2D eigenvalue weighted by atomic mass is 35.5. The molecule has 13 heteroatoms. The minimum Gasteiger partial charge on any atom is -0.506 e. The van der Waals surface area contributed by atoms with Gasteiger partial charge in [0, 0.05) is 49.6 Å². The number of thioether (sulfide) groups is 1. The number of urea groups is 1. The predicted molar refractivity (Wildman–Crippen MR) is 190 cm³/mol. The first-order valence-electron chi connectivity index (χ1n) is 15.2. The van der Waals surface area contributed by atoms with Crippen molar-refractivity contribution >= 4 is 52.6 Å². The molecule has 2 amide bonds. The van der Waals surface area contributed by atoms with Gasteiger partial charge in [-0.2, -0.15) is 9.50 Å². The third kappa shape index (κ3) is 7.47. The van der Waals surface area contributed by atoms with E-state index in [0.29, 0.717) is 23.8 Å². The molecule has 0 aliphatic rings. The largest absolute Gasteiger partial charge is 0.506 e. The summed E-state index contributed by atoms with van der Waals surface area (Å²) in [6.45, 7) is 6.53. The monoisotopic (exact) mass is 700 g/mol. The number of aromatic nitrogens is 5. The van der Waals surface area contributed by atoms with Gasteiger partial charge in [-0.05, 0) is 48.0 Å². The third-order valence-electron chi connectivity index (χ3n) is 7.44. The number of amides is 2. The summed E-state index contributed by atoms with van der Waals surface area (Å²) < 4.78 is 3.64. The molecular formula is C35H35ClN7O3S2+. The zero-order chi connectivity index (χ0) is 33.8. The fourth-order valence-electron chi connectivity index (χ4n) is 4.97. The Morgan fingerprint density at radius 3 is 2.56 bits per heavy atom. The van der Waals surface area contributed by atoms with Crippen molar-refractivity contribution < 1.29 is 19.4 Å². The quantitative estimate of drug-likeness (QED) is 0.0754. The number of aliphatic hydroxyl groups excluding tert-OH is 1. The Labute approximate surface area is 291 Å². The number of halogens is 1. The molecule has 0 saturated heterocycles. The highest BCUT2D eigenvalue weighted by molar-refractivity contribution is 7.99. The van der Waals surface area contributed by atoms with Gasteiger partial charge in [-0.1, -0.05) is 74.5 Å². The van der Waals surface area contributed by atoms with Crippen LogP contribution in [0.25, 0.3) is 22.7 Å². The van der Waals surface area contributed by atoms with Crippen molar-refractivity contribution in [2.75, 3.05) is 17.7 Å². The second-order valence-electron chi connectivity index (χ2n) is 12.0. The number of phenols is 1. The molecule has 0 aliphatic carbocycles. The number of aliphatic hydroxyl groups is 1. The number of carbonyl (C=O) groups is 1. The van der Waals surface area contributed by atoms with Crippen LogP contribution in [0.4, 0.5) is 10.6 Å². The minimum atomic E-state index is -0.390. The van der Waals surface area contributed by atoms with Crippen molar-refractivity contribution in [2.45, 2.75) is 47.4 Å². The summed E-state index contributed by atoms with van der Waals surface area (Å²) in [4.78, 5) is 16.3. The minimum absolute atomic E-state index is 0.0326. The summed E-state index contributed by atoms with van der Waals surface area (Å²) in [6.07, 6.45) is 2.05. The fourth-order valence-corrected chi connectivity index (χ4v) is 6.91. The molecule has 0 aliphatic heterocycles. The summed E-state index contributed by atoms with van der Waals surface area (Å²) in [5.74, 6) is 1.82. The van der Waals surface area contributed by atoms with Crippen molar-refractivity contribution in [1.29, 1.82) is 0 Å². The Hall–Kier alpha value is -4.49. The van der Waals surface area contributed by atoms with Crippen LogP contribution in [0.1, 0.15) is 32.0 Å². The third-order valence-corrected chi connectivity index (χ3v) is 9.89. The number of fused-ring (bicyclic) bond motifs is 1. The van der Waals surface area contributed by atoms with E-state index >= 15 is 0 Å². The predicted octanol–water partition coefficient (Wildman–Crippen LogP) is 7.21. The molecule has 6 rings (SSSR count). The van der Waals surface area contributed by atoms with Crippen molar-refractivity contribution in [2.24, 2.45) is 0 Å². The maximum absolute atomic E-state index is 13.2. The lowest BCUT2D eigenvalue weighted by molar-refractivity contribution is -0.502. The van der Waals surface area contributed by atoms with Crippen molar-refractivity contribution in [1.82, 2.24) is 25.3 Å². The van der Waals surface area contributed by atoms with Gasteiger partial charge in [0.25, 0.3) is 5.65 Å². The first kappa shape index (κ1) is 33.4. The average molecular weight is 701 g/mol. The maximum Gasteiger partial charge on any atom is 0.320 e. The van der Waals surface area contributed by atoms with E-state index in [1.54, 1.807) is 40.3 Å². The maximum atomic E-state index is 13.2. The Balaban J connectivity index is 1.20. The van der Waals surface area contributed by atoms with Crippen LogP contribution in [0.5, 0.6) is 5.75 Å². The van der Waals surface area contributed by atoms with E-state index in [1.807, 2.05) is 98.1 Å². The van der Waals surface area contributed by atoms with Crippen LogP contribution in [0.15, 0.2) is 106 Å². The lowest BCUT2D eigenvalue weighted by atomic mass is 9.92. The summed E-state index contributed by atoms with van der Waals surface area (Å²) in [6, 6.07) is 26.3. The summed E-state index contributed by atoms with van der Waals surface area (Å²) in [5.41, 5.74) is 3.91. The van der Waals surface area contributed by atoms with Crippen molar-refractivity contribution in [3.8, 4) is 22.8 Å². The van der Waals surface area contributed by atoms with Gasteiger partial charge >= 0.3 is 11.9 Å². The average Bonchev–Trinajstić information content (AvgIpc) is 3.69. The SMILES string of the molecule is CC(C)(C)c1cc(NC(=O)NCc2ccccc2Sc2ccc3[nH]nc(-c4ccccc4SCCO)[n+]3c2)n(-c2ccc(O)c(Cl)c2)n1. The van der Waals surface area contributed by atoms with E-state index < -0.39 is 0 Å². The number of nitrogens with one attached hydrogen (secondary N) is 3. The van der Waals surface area contributed by atoms with Gasteiger partial charge in [0.15, 0.2) is 0 Å². The van der Waals surface area contributed by atoms with Crippen molar-refractivity contribution in [3.05, 3.63) is 107 Å². The fraction of sp³-hybridized carbons (Fsp3) is 0.200. The standard InChI is InChI=1S/C35H34ClN7O3S2/c1-35(2,3)30-19-32(43(41-30)23-12-14-27(45)26(36)18-23)38-34(46)37-20-22-8-4-6-10-28(22)48-24-13-15-31-39-40-33(42(31)21-24)25-9-5-7-11-29(25)47-17-16-44/h4-15,18-19,21,44H,16-17,20H2,1-3H3,(H3,37,38,41,45,46)/p+1. The Morgan fingerprint density at radius 1 is 1.02 bits per heavy atom. The molecule has 0 spiro atoms. The van der Waals surface area contributed by atoms with Gasteiger partial charge in [0.1, 0.15) is 11.6 Å². The summed E-state index contributed by atoms with van der Waals surface area (Å²) in [5, 5.41) is 37.8. The lowest BCUT2D eigenvalue weighted by Crippen LogP contribution is -2.29. The Morgan fingerprint density at radius 2 is 1.79 bits per heavy atom. The molecule has 3 aromatic heterocycles. The number of rotatable bonds is 10. The van der Waals surface area contributed by atoms with E-state index in [4.69, 9.17) is 16.7 Å². The number of nitrogens with zero attached hydrogens (tertiary/aromatic N) is 4. The molecule has 5 N–H and O–H groups in total. The van der Waals surface area contributed by atoms with E-state index in [1.165, 1.54) is 6.07 Å². The molecule has 3 heterocycles. The molecule has 48 heavy (non-hydrogen) atoms. The van der Waals surface area contributed by atoms with E-state index in [2.05, 4.69) is 20.8 Å². The second kappa shape index (κ2) is 14.3. The van der Waals surface area contributed by atoms with Gasteiger partial charge in [-0.3, -0.25) is 5.32 Å².